The average Bonchev–Trinajstić information content (AvgIpc) is 2.89. The molecule has 0 radical (unpaired) electrons. The van der Waals surface area contributed by atoms with Gasteiger partial charge in [0.25, 0.3) is 0 Å². The van der Waals surface area contributed by atoms with Gasteiger partial charge in [0.05, 0.1) is 0 Å². The van der Waals surface area contributed by atoms with Crippen LogP contribution >= 0.6 is 0 Å². The summed E-state index contributed by atoms with van der Waals surface area (Å²) in [5.41, 5.74) is 0. The van der Waals surface area contributed by atoms with Crippen molar-refractivity contribution in [3.63, 3.8) is 0 Å². The number of nitrogens with zero attached hydrogens (tertiary/aromatic N) is 3. The SMILES string of the molecule is C1CCn2c(nnc2CC2CCOC2)C1. The minimum absolute atomic E-state index is 0.667. The lowest BCUT2D eigenvalue weighted by Crippen LogP contribution is -2.15. The van der Waals surface area contributed by atoms with Crippen LogP contribution in [-0.4, -0.2) is 28.0 Å². The monoisotopic (exact) mass is 207 g/mol. The molecule has 0 amide bonds. The van der Waals surface area contributed by atoms with Crippen molar-refractivity contribution in [3.8, 4) is 0 Å². The number of hydrogen-bond acceptors (Lipinski definition) is 3. The highest BCUT2D eigenvalue weighted by molar-refractivity contribution is 5.00. The van der Waals surface area contributed by atoms with Crippen LogP contribution in [0.3, 0.4) is 0 Å². The van der Waals surface area contributed by atoms with Crippen LogP contribution in [0.5, 0.6) is 0 Å². The van der Waals surface area contributed by atoms with Crippen LogP contribution < -0.4 is 0 Å². The Balaban J connectivity index is 1.76. The Kier molecular flexibility index (Phi) is 2.44. The van der Waals surface area contributed by atoms with Crippen molar-refractivity contribution < 1.29 is 4.74 Å². The molecule has 1 aromatic rings. The number of aromatic nitrogens is 3. The number of aryl methyl sites for hydroxylation is 1. The molecule has 3 rings (SSSR count). The fraction of sp³-hybridized carbons (Fsp3) is 0.818. The molecular weight excluding hydrogens is 190 g/mol. The number of hydrogen-bond donors (Lipinski definition) is 0. The molecule has 2 aliphatic heterocycles. The number of ether oxygens (including phenoxy) is 1. The highest BCUT2D eigenvalue weighted by Gasteiger charge is 2.21. The second-order valence-electron chi connectivity index (χ2n) is 4.57. The molecule has 0 bridgehead atoms. The second kappa shape index (κ2) is 3.93. The zero-order chi connectivity index (χ0) is 10.1. The van der Waals surface area contributed by atoms with E-state index in [0.717, 1.165) is 32.6 Å². The predicted octanol–water partition coefficient (Wildman–Crippen LogP) is 1.19. The van der Waals surface area contributed by atoms with Gasteiger partial charge in [-0.25, -0.2) is 0 Å². The molecule has 15 heavy (non-hydrogen) atoms. The van der Waals surface area contributed by atoms with Crippen LogP contribution in [0.25, 0.3) is 0 Å². The smallest absolute Gasteiger partial charge is 0.133 e. The van der Waals surface area contributed by atoms with E-state index < -0.39 is 0 Å². The van der Waals surface area contributed by atoms with Crippen LogP contribution in [0.1, 0.15) is 30.9 Å². The molecule has 0 N–H and O–H groups in total. The van der Waals surface area contributed by atoms with Crippen LogP contribution in [0.15, 0.2) is 0 Å². The van der Waals surface area contributed by atoms with Crippen LogP contribution in [0.4, 0.5) is 0 Å². The minimum atomic E-state index is 0.667. The number of rotatable bonds is 2. The Hall–Kier alpha value is -0.900. The minimum Gasteiger partial charge on any atom is -0.381 e. The summed E-state index contributed by atoms with van der Waals surface area (Å²) < 4.78 is 7.71. The standard InChI is InChI=1S/C11H17N3O/c1-2-5-14-10(3-1)12-13-11(14)7-9-4-6-15-8-9/h9H,1-8H2. The summed E-state index contributed by atoms with van der Waals surface area (Å²) in [5, 5.41) is 8.59. The maximum atomic E-state index is 5.39. The Bertz CT molecular complexity index is 342. The summed E-state index contributed by atoms with van der Waals surface area (Å²) in [5.74, 6) is 3.04. The van der Waals surface area contributed by atoms with E-state index in [1.54, 1.807) is 0 Å². The summed E-state index contributed by atoms with van der Waals surface area (Å²) in [7, 11) is 0. The molecule has 1 unspecified atom stereocenters. The fourth-order valence-electron chi connectivity index (χ4n) is 2.52. The third-order valence-corrected chi connectivity index (χ3v) is 3.43. The van der Waals surface area contributed by atoms with Gasteiger partial charge in [-0.1, -0.05) is 0 Å². The van der Waals surface area contributed by atoms with Crippen LogP contribution in [0, 0.1) is 5.92 Å². The first kappa shape index (κ1) is 9.33. The van der Waals surface area contributed by atoms with Crippen molar-refractivity contribution in [2.45, 2.75) is 38.6 Å². The highest BCUT2D eigenvalue weighted by Crippen LogP contribution is 2.20. The zero-order valence-electron chi connectivity index (χ0n) is 8.98. The molecule has 4 nitrogen and oxygen atoms in total. The summed E-state index contributed by atoms with van der Waals surface area (Å²) in [6.07, 6.45) is 5.88. The van der Waals surface area contributed by atoms with E-state index in [0.29, 0.717) is 5.92 Å². The normalized spacial score (nSPS) is 25.5. The average molecular weight is 207 g/mol. The van der Waals surface area contributed by atoms with E-state index in [4.69, 9.17) is 4.74 Å². The molecule has 2 aliphatic rings. The molecule has 1 aromatic heterocycles. The molecule has 1 atom stereocenters. The molecule has 82 valence electrons. The van der Waals surface area contributed by atoms with Gasteiger partial charge in [-0.3, -0.25) is 0 Å². The zero-order valence-corrected chi connectivity index (χ0v) is 8.98. The Morgan fingerprint density at radius 1 is 1.33 bits per heavy atom. The topological polar surface area (TPSA) is 39.9 Å². The van der Waals surface area contributed by atoms with E-state index in [2.05, 4.69) is 14.8 Å². The Labute approximate surface area is 89.6 Å². The summed E-state index contributed by atoms with van der Waals surface area (Å²) >= 11 is 0. The first-order valence-electron chi connectivity index (χ1n) is 5.92. The highest BCUT2D eigenvalue weighted by atomic mass is 16.5. The van der Waals surface area contributed by atoms with Crippen molar-refractivity contribution in [1.29, 1.82) is 0 Å². The maximum absolute atomic E-state index is 5.39. The molecule has 3 heterocycles. The maximum Gasteiger partial charge on any atom is 0.133 e. The van der Waals surface area contributed by atoms with Crippen molar-refractivity contribution in [1.82, 2.24) is 14.8 Å². The van der Waals surface area contributed by atoms with Crippen molar-refractivity contribution in [3.05, 3.63) is 11.6 Å². The summed E-state index contributed by atoms with van der Waals surface area (Å²) in [6, 6.07) is 0. The van der Waals surface area contributed by atoms with E-state index in [9.17, 15) is 0 Å². The summed E-state index contributed by atoms with van der Waals surface area (Å²) in [4.78, 5) is 0. The molecule has 1 saturated heterocycles. The predicted molar refractivity (Wildman–Crippen MR) is 55.6 cm³/mol. The van der Waals surface area contributed by atoms with Gasteiger partial charge in [0, 0.05) is 32.6 Å². The molecule has 0 aromatic carbocycles. The van der Waals surface area contributed by atoms with Crippen molar-refractivity contribution >= 4 is 0 Å². The van der Waals surface area contributed by atoms with E-state index >= 15 is 0 Å². The lowest BCUT2D eigenvalue weighted by atomic mass is 10.0. The van der Waals surface area contributed by atoms with Gasteiger partial charge >= 0.3 is 0 Å². The first-order chi connectivity index (χ1) is 7.43. The van der Waals surface area contributed by atoms with Gasteiger partial charge in [-0.2, -0.15) is 0 Å². The molecule has 0 saturated carbocycles. The van der Waals surface area contributed by atoms with E-state index in [1.165, 1.54) is 30.9 Å². The molecule has 4 heteroatoms. The van der Waals surface area contributed by atoms with Crippen molar-refractivity contribution in [2.24, 2.45) is 5.92 Å². The third-order valence-electron chi connectivity index (χ3n) is 3.43. The summed E-state index contributed by atoms with van der Waals surface area (Å²) in [6.45, 7) is 2.94. The molecular formula is C11H17N3O. The Morgan fingerprint density at radius 2 is 2.33 bits per heavy atom. The molecule has 0 aliphatic carbocycles. The van der Waals surface area contributed by atoms with Gasteiger partial charge in [-0.15, -0.1) is 10.2 Å². The van der Waals surface area contributed by atoms with E-state index in [1.807, 2.05) is 0 Å². The van der Waals surface area contributed by atoms with Crippen LogP contribution in [-0.2, 0) is 24.1 Å². The quantitative estimate of drug-likeness (QED) is 0.731. The van der Waals surface area contributed by atoms with E-state index in [-0.39, 0.29) is 0 Å². The molecule has 1 fully saturated rings. The van der Waals surface area contributed by atoms with Gasteiger partial charge < -0.3 is 9.30 Å². The first-order valence-corrected chi connectivity index (χ1v) is 5.92. The van der Waals surface area contributed by atoms with Gasteiger partial charge in [0.2, 0.25) is 0 Å². The lowest BCUT2D eigenvalue weighted by Gasteiger charge is -2.15. The largest absolute Gasteiger partial charge is 0.381 e. The second-order valence-corrected chi connectivity index (χ2v) is 4.57. The van der Waals surface area contributed by atoms with Gasteiger partial charge in [0.1, 0.15) is 11.6 Å². The molecule has 0 spiro atoms. The third kappa shape index (κ3) is 1.78. The fourth-order valence-corrected chi connectivity index (χ4v) is 2.52. The van der Waals surface area contributed by atoms with Crippen molar-refractivity contribution in [2.75, 3.05) is 13.2 Å². The number of fused-ring (bicyclic) bond motifs is 1. The Morgan fingerprint density at radius 3 is 3.20 bits per heavy atom. The lowest BCUT2D eigenvalue weighted by molar-refractivity contribution is 0.185. The van der Waals surface area contributed by atoms with Gasteiger partial charge in [0.15, 0.2) is 0 Å². The van der Waals surface area contributed by atoms with Crippen LogP contribution in [0.2, 0.25) is 0 Å². The van der Waals surface area contributed by atoms with Gasteiger partial charge in [-0.05, 0) is 25.2 Å².